The maximum Gasteiger partial charge on any atom is 0.323 e. The number of sulfonamides is 1. The van der Waals surface area contributed by atoms with Crippen molar-refractivity contribution in [2.75, 3.05) is 10.0 Å². The Hall–Kier alpha value is -3.85. The minimum Gasteiger partial charge on any atom is -0.322 e. The Morgan fingerprint density at radius 2 is 1.45 bits per heavy atom. The van der Waals surface area contributed by atoms with Crippen LogP contribution >= 0.6 is 0 Å². The van der Waals surface area contributed by atoms with Crippen LogP contribution in [0, 0.1) is 0 Å². The van der Waals surface area contributed by atoms with Gasteiger partial charge in [0.1, 0.15) is 0 Å². The smallest absolute Gasteiger partial charge is 0.322 e. The highest BCUT2D eigenvalue weighted by Crippen LogP contribution is 2.18. The summed E-state index contributed by atoms with van der Waals surface area (Å²) in [5, 5.41) is 2.74. The molecule has 4 rings (SSSR count). The van der Waals surface area contributed by atoms with Gasteiger partial charge in [0.05, 0.1) is 15.9 Å². The molecule has 29 heavy (non-hydrogen) atoms. The van der Waals surface area contributed by atoms with Crippen molar-refractivity contribution < 1.29 is 13.2 Å². The SMILES string of the molecule is O=C(Nc1ccc2[nH]c(=O)[nH]c2c1)c1ccc(NS(=O)(=O)c2ccccc2)cc1. The van der Waals surface area contributed by atoms with Crippen molar-refractivity contribution in [2.45, 2.75) is 4.90 Å². The number of H-pyrrole nitrogens is 2. The molecule has 0 radical (unpaired) electrons. The number of carbonyl (C=O) groups excluding carboxylic acids is 1. The third-order valence-electron chi connectivity index (χ3n) is 4.23. The number of imidazole rings is 1. The number of hydrogen-bond donors (Lipinski definition) is 4. The van der Waals surface area contributed by atoms with E-state index in [9.17, 15) is 18.0 Å². The normalized spacial score (nSPS) is 11.3. The number of rotatable bonds is 5. The van der Waals surface area contributed by atoms with E-state index in [4.69, 9.17) is 0 Å². The fourth-order valence-corrected chi connectivity index (χ4v) is 3.90. The summed E-state index contributed by atoms with van der Waals surface area (Å²) < 4.78 is 27.2. The minimum absolute atomic E-state index is 0.153. The molecule has 0 atom stereocenters. The van der Waals surface area contributed by atoms with E-state index in [0.717, 1.165) is 0 Å². The van der Waals surface area contributed by atoms with Crippen LogP contribution in [0.2, 0.25) is 0 Å². The Labute approximate surface area is 165 Å². The monoisotopic (exact) mass is 408 g/mol. The predicted molar refractivity (Wildman–Crippen MR) is 111 cm³/mol. The van der Waals surface area contributed by atoms with Crippen LogP contribution in [0.15, 0.2) is 82.5 Å². The molecule has 0 fully saturated rings. The van der Waals surface area contributed by atoms with Gasteiger partial charge in [0.25, 0.3) is 15.9 Å². The zero-order valence-corrected chi connectivity index (χ0v) is 15.8. The van der Waals surface area contributed by atoms with Gasteiger partial charge in [-0.3, -0.25) is 9.52 Å². The van der Waals surface area contributed by atoms with E-state index < -0.39 is 10.0 Å². The van der Waals surface area contributed by atoms with Gasteiger partial charge in [-0.2, -0.15) is 0 Å². The Bertz CT molecular complexity index is 1340. The molecular weight excluding hydrogens is 392 g/mol. The van der Waals surface area contributed by atoms with Crippen molar-refractivity contribution in [1.29, 1.82) is 0 Å². The van der Waals surface area contributed by atoms with E-state index in [-0.39, 0.29) is 16.5 Å². The molecular formula is C20H16N4O4S. The lowest BCUT2D eigenvalue weighted by atomic mass is 10.2. The Morgan fingerprint density at radius 3 is 2.17 bits per heavy atom. The predicted octanol–water partition coefficient (Wildman–Crippen LogP) is 2.91. The van der Waals surface area contributed by atoms with Gasteiger partial charge in [0.15, 0.2) is 0 Å². The second kappa shape index (κ2) is 7.28. The molecule has 0 aliphatic rings. The molecule has 4 aromatic rings. The summed E-state index contributed by atoms with van der Waals surface area (Å²) in [5.41, 5.74) is 2.12. The summed E-state index contributed by atoms with van der Waals surface area (Å²) in [5.74, 6) is -0.361. The number of anilines is 2. The number of benzene rings is 3. The van der Waals surface area contributed by atoms with E-state index in [1.165, 1.54) is 36.4 Å². The third-order valence-corrected chi connectivity index (χ3v) is 5.62. The second-order valence-electron chi connectivity index (χ2n) is 6.29. The average Bonchev–Trinajstić information content (AvgIpc) is 3.08. The Morgan fingerprint density at radius 1 is 0.793 bits per heavy atom. The summed E-state index contributed by atoms with van der Waals surface area (Å²) in [6, 6.07) is 19.1. The van der Waals surface area contributed by atoms with Crippen LogP contribution < -0.4 is 15.7 Å². The molecule has 0 aliphatic heterocycles. The van der Waals surface area contributed by atoms with Crippen LogP contribution in [0.5, 0.6) is 0 Å². The highest BCUT2D eigenvalue weighted by atomic mass is 32.2. The summed E-state index contributed by atoms with van der Waals surface area (Å²) in [6.07, 6.45) is 0. The lowest BCUT2D eigenvalue weighted by Gasteiger charge is -2.09. The Balaban J connectivity index is 1.48. The molecule has 0 aliphatic carbocycles. The first kappa shape index (κ1) is 18.5. The molecule has 0 saturated carbocycles. The molecule has 1 heterocycles. The number of nitrogens with one attached hydrogen (secondary N) is 4. The highest BCUT2D eigenvalue weighted by Gasteiger charge is 2.14. The molecule has 3 aromatic carbocycles. The van der Waals surface area contributed by atoms with Crippen LogP contribution in [-0.4, -0.2) is 24.3 Å². The van der Waals surface area contributed by atoms with Gasteiger partial charge in [-0.15, -0.1) is 0 Å². The quantitative estimate of drug-likeness (QED) is 0.405. The molecule has 8 nitrogen and oxygen atoms in total. The van der Waals surface area contributed by atoms with Crippen molar-refractivity contribution in [3.63, 3.8) is 0 Å². The fraction of sp³-hybridized carbons (Fsp3) is 0. The van der Waals surface area contributed by atoms with Crippen LogP contribution in [0.4, 0.5) is 11.4 Å². The van der Waals surface area contributed by atoms with Crippen molar-refractivity contribution in [2.24, 2.45) is 0 Å². The third kappa shape index (κ3) is 4.04. The van der Waals surface area contributed by atoms with Crippen LogP contribution in [0.1, 0.15) is 10.4 Å². The zero-order chi connectivity index (χ0) is 20.4. The number of aromatic amines is 2. The van der Waals surface area contributed by atoms with Crippen molar-refractivity contribution in [1.82, 2.24) is 9.97 Å². The number of aromatic nitrogens is 2. The number of fused-ring (bicyclic) bond motifs is 1. The molecule has 0 unspecified atom stereocenters. The van der Waals surface area contributed by atoms with E-state index in [1.54, 1.807) is 36.4 Å². The molecule has 0 saturated heterocycles. The van der Waals surface area contributed by atoms with Crippen LogP contribution in [-0.2, 0) is 10.0 Å². The van der Waals surface area contributed by atoms with Crippen LogP contribution in [0.3, 0.4) is 0 Å². The van der Waals surface area contributed by atoms with E-state index >= 15 is 0 Å². The Kier molecular flexibility index (Phi) is 4.65. The van der Waals surface area contributed by atoms with Gasteiger partial charge < -0.3 is 15.3 Å². The van der Waals surface area contributed by atoms with Gasteiger partial charge in [0.2, 0.25) is 0 Å². The first-order chi connectivity index (χ1) is 13.9. The average molecular weight is 408 g/mol. The maximum atomic E-state index is 12.4. The largest absolute Gasteiger partial charge is 0.323 e. The lowest BCUT2D eigenvalue weighted by molar-refractivity contribution is 0.102. The standard InChI is InChI=1S/C20H16N4O4S/c25-19(21-15-10-11-17-18(12-15)23-20(26)22-17)13-6-8-14(9-7-13)24-29(27,28)16-4-2-1-3-5-16/h1-12,24H,(H,21,25)(H2,22,23,26). The van der Waals surface area contributed by atoms with Gasteiger partial charge in [-0.25, -0.2) is 13.2 Å². The summed E-state index contributed by atoms with van der Waals surface area (Å²) in [4.78, 5) is 29.2. The van der Waals surface area contributed by atoms with Gasteiger partial charge in [-0.1, -0.05) is 18.2 Å². The van der Waals surface area contributed by atoms with Crippen molar-refractivity contribution in [3.8, 4) is 0 Å². The topological polar surface area (TPSA) is 124 Å². The molecule has 146 valence electrons. The molecule has 1 aromatic heterocycles. The van der Waals surface area contributed by atoms with Gasteiger partial charge in [-0.05, 0) is 54.6 Å². The first-order valence-electron chi connectivity index (χ1n) is 8.62. The molecule has 4 N–H and O–H groups in total. The van der Waals surface area contributed by atoms with Crippen LogP contribution in [0.25, 0.3) is 11.0 Å². The maximum absolute atomic E-state index is 12.4. The van der Waals surface area contributed by atoms with E-state index in [2.05, 4.69) is 20.0 Å². The second-order valence-corrected chi connectivity index (χ2v) is 7.97. The van der Waals surface area contributed by atoms with Crippen molar-refractivity contribution in [3.05, 3.63) is 88.8 Å². The van der Waals surface area contributed by atoms with Gasteiger partial charge in [0, 0.05) is 16.9 Å². The highest BCUT2D eigenvalue weighted by molar-refractivity contribution is 7.92. The summed E-state index contributed by atoms with van der Waals surface area (Å²) >= 11 is 0. The zero-order valence-electron chi connectivity index (χ0n) is 15.0. The molecule has 9 heteroatoms. The van der Waals surface area contributed by atoms with Crippen molar-refractivity contribution >= 4 is 38.3 Å². The lowest BCUT2D eigenvalue weighted by Crippen LogP contribution is -2.14. The van der Waals surface area contributed by atoms with E-state index in [1.807, 2.05) is 0 Å². The summed E-state index contributed by atoms with van der Waals surface area (Å²) in [7, 11) is -3.70. The number of carbonyl (C=O) groups is 1. The summed E-state index contributed by atoms with van der Waals surface area (Å²) in [6.45, 7) is 0. The number of hydrogen-bond acceptors (Lipinski definition) is 4. The molecule has 0 spiro atoms. The van der Waals surface area contributed by atoms with Gasteiger partial charge >= 0.3 is 5.69 Å². The number of amides is 1. The first-order valence-corrected chi connectivity index (χ1v) is 10.1. The molecule has 0 bridgehead atoms. The minimum atomic E-state index is -3.70. The molecule has 1 amide bonds. The van der Waals surface area contributed by atoms with E-state index in [0.29, 0.717) is 28.0 Å². The fourth-order valence-electron chi connectivity index (χ4n) is 2.82.